The van der Waals surface area contributed by atoms with Crippen LogP contribution >= 0.6 is 0 Å². The second-order valence-corrected chi connectivity index (χ2v) is 7.16. The van der Waals surface area contributed by atoms with Gasteiger partial charge in [0, 0.05) is 0 Å². The molecule has 0 saturated carbocycles. The Kier molecular flexibility index (Phi) is 8.26. The van der Waals surface area contributed by atoms with Gasteiger partial charge in [-0.05, 0) is 0 Å². The highest BCUT2D eigenvalue weighted by Gasteiger charge is 2.81. The van der Waals surface area contributed by atoms with Crippen LogP contribution in [0.1, 0.15) is 0 Å². The first-order valence-electron chi connectivity index (χ1n) is 7.19. The summed E-state index contributed by atoms with van der Waals surface area (Å²) < 4.78 is 271. The first-order chi connectivity index (χ1) is 14.6. The topological polar surface area (TPSA) is 27.7 Å². The summed E-state index contributed by atoms with van der Waals surface area (Å²) in [5, 5.41) is 0. The van der Waals surface area contributed by atoms with Crippen molar-refractivity contribution in [2.45, 2.75) is 60.2 Å². The summed E-state index contributed by atoms with van der Waals surface area (Å²) in [5.74, 6) is -23.4. The van der Waals surface area contributed by atoms with Crippen LogP contribution < -0.4 is 0 Å². The molecular formula is C10H3F21O3Si. The van der Waals surface area contributed by atoms with Crippen molar-refractivity contribution in [3.63, 3.8) is 0 Å². The fraction of sp³-hybridized carbons (Fsp3) is 1.00. The molecule has 0 heterocycles. The highest BCUT2D eigenvalue weighted by atomic mass is 28.1. The van der Waals surface area contributed by atoms with E-state index in [1.165, 1.54) is 0 Å². The molecular weight excluding hydrogens is 595 g/mol. The molecule has 0 amide bonds. The van der Waals surface area contributed by atoms with Gasteiger partial charge in [0.1, 0.15) is 10.2 Å². The van der Waals surface area contributed by atoms with Crippen LogP contribution in [0.3, 0.4) is 0 Å². The molecule has 0 atom stereocenters. The summed E-state index contributed by atoms with van der Waals surface area (Å²) in [6.45, 7) is 0. The summed E-state index contributed by atoms with van der Waals surface area (Å²) in [4.78, 5) is 0. The van der Waals surface area contributed by atoms with E-state index in [1.807, 2.05) is 14.2 Å². The SMILES string of the molecule is FC(F)(F)C(F)(F)C(F)(F)OC([SiH3])(OC(F)(F)C(F)(F)C(F)(F)F)OC(F)(F)C(F)(F)C(F)(F)F. The van der Waals surface area contributed by atoms with Crippen molar-refractivity contribution >= 4 is 10.2 Å². The summed E-state index contributed by atoms with van der Waals surface area (Å²) in [5.41, 5.74) is -6.32. The molecule has 0 saturated heterocycles. The van der Waals surface area contributed by atoms with Crippen molar-refractivity contribution in [2.24, 2.45) is 0 Å². The highest BCUT2D eigenvalue weighted by Crippen LogP contribution is 2.54. The molecule has 0 aromatic heterocycles. The lowest BCUT2D eigenvalue weighted by atomic mass is 10.3. The second-order valence-electron chi connectivity index (χ2n) is 5.94. The van der Waals surface area contributed by atoms with E-state index in [0.717, 1.165) is 0 Å². The molecule has 0 fully saturated rings. The zero-order chi connectivity index (χ0) is 29.1. The van der Waals surface area contributed by atoms with Crippen molar-refractivity contribution in [1.29, 1.82) is 0 Å². The van der Waals surface area contributed by atoms with E-state index in [0.29, 0.717) is 0 Å². The molecule has 0 radical (unpaired) electrons. The maximum atomic E-state index is 13.3. The fourth-order valence-corrected chi connectivity index (χ4v) is 2.22. The van der Waals surface area contributed by atoms with Gasteiger partial charge in [0.05, 0.1) is 0 Å². The predicted octanol–water partition coefficient (Wildman–Crippen LogP) is 5.38. The Morgan fingerprint density at radius 3 is 0.571 bits per heavy atom. The van der Waals surface area contributed by atoms with Gasteiger partial charge in [0.2, 0.25) is 0 Å². The fourth-order valence-electron chi connectivity index (χ4n) is 1.45. The minimum atomic E-state index is -7.79. The molecule has 212 valence electrons. The van der Waals surface area contributed by atoms with Crippen molar-refractivity contribution < 1.29 is 106 Å². The van der Waals surface area contributed by atoms with Gasteiger partial charge in [-0.2, -0.15) is 92.2 Å². The number of hydrogen-bond acceptors (Lipinski definition) is 3. The maximum absolute atomic E-state index is 13.3. The largest absolute Gasteiger partial charge is 0.462 e. The molecule has 0 N–H and O–H groups in total. The highest BCUT2D eigenvalue weighted by molar-refractivity contribution is 6.12. The zero-order valence-electron chi connectivity index (χ0n) is 15.2. The Balaban J connectivity index is 6.87. The van der Waals surface area contributed by atoms with Crippen LogP contribution in [-0.2, 0) is 14.2 Å². The first-order valence-corrected chi connectivity index (χ1v) is 8.19. The molecule has 0 spiro atoms. The number of alkyl halides is 21. The smallest absolute Gasteiger partial charge is 0.262 e. The average Bonchev–Trinajstić information content (AvgIpc) is 2.48. The third-order valence-corrected chi connectivity index (χ3v) is 3.72. The third kappa shape index (κ3) is 6.14. The van der Waals surface area contributed by atoms with Crippen molar-refractivity contribution in [2.75, 3.05) is 0 Å². The molecule has 0 aliphatic heterocycles. The van der Waals surface area contributed by atoms with Crippen LogP contribution in [0.25, 0.3) is 0 Å². The van der Waals surface area contributed by atoms with E-state index >= 15 is 0 Å². The van der Waals surface area contributed by atoms with Crippen LogP contribution in [0, 0.1) is 0 Å². The van der Waals surface area contributed by atoms with E-state index < -0.39 is 70.5 Å². The van der Waals surface area contributed by atoms with Crippen LogP contribution in [-0.4, -0.2) is 70.5 Å². The van der Waals surface area contributed by atoms with Crippen molar-refractivity contribution in [3.8, 4) is 0 Å². The summed E-state index contributed by atoms with van der Waals surface area (Å²) in [6, 6.07) is 0. The molecule has 0 rings (SSSR count). The number of hydrogen-bond donors (Lipinski definition) is 0. The van der Waals surface area contributed by atoms with Crippen molar-refractivity contribution in [3.05, 3.63) is 0 Å². The van der Waals surface area contributed by atoms with Gasteiger partial charge < -0.3 is 0 Å². The van der Waals surface area contributed by atoms with Crippen LogP contribution in [0.2, 0.25) is 0 Å². The lowest BCUT2D eigenvalue weighted by Gasteiger charge is -2.41. The Morgan fingerprint density at radius 2 is 0.457 bits per heavy atom. The lowest BCUT2D eigenvalue weighted by molar-refractivity contribution is -0.569. The van der Waals surface area contributed by atoms with E-state index in [2.05, 4.69) is 0 Å². The Morgan fingerprint density at radius 1 is 0.314 bits per heavy atom. The first kappa shape index (κ1) is 33.6. The van der Waals surface area contributed by atoms with Gasteiger partial charge in [0.25, 0.3) is 5.60 Å². The lowest BCUT2D eigenvalue weighted by Crippen LogP contribution is -2.65. The van der Waals surface area contributed by atoms with Crippen LogP contribution in [0.5, 0.6) is 0 Å². The van der Waals surface area contributed by atoms with Gasteiger partial charge in [-0.15, -0.1) is 0 Å². The normalized spacial score (nSPS) is 16.7. The van der Waals surface area contributed by atoms with Gasteiger partial charge in [-0.1, -0.05) is 0 Å². The van der Waals surface area contributed by atoms with Gasteiger partial charge in [-0.25, -0.2) is 0 Å². The standard InChI is InChI=1S/C10H3F21O3Si/c11-1(12,4(17,18)19)7(26,27)32-10(35,33-8(28,29)2(13,14)5(20,21)22)34-9(30,31)3(15,16)6(23,24)25/h35H3. The average molecular weight is 598 g/mol. The molecule has 0 aromatic rings. The quantitative estimate of drug-likeness (QED) is 0.203. The number of rotatable bonds is 9. The van der Waals surface area contributed by atoms with Gasteiger partial charge in [-0.3, -0.25) is 14.2 Å². The van der Waals surface area contributed by atoms with E-state index in [-0.39, 0.29) is 0 Å². The maximum Gasteiger partial charge on any atom is 0.462 e. The molecule has 0 unspecified atom stereocenters. The molecule has 0 aromatic carbocycles. The Labute approximate surface area is 178 Å². The van der Waals surface area contributed by atoms with E-state index in [9.17, 15) is 92.2 Å². The van der Waals surface area contributed by atoms with Crippen LogP contribution in [0.15, 0.2) is 0 Å². The zero-order valence-corrected chi connectivity index (χ0v) is 17.2. The molecule has 3 nitrogen and oxygen atoms in total. The third-order valence-electron chi connectivity index (χ3n) is 3.11. The van der Waals surface area contributed by atoms with E-state index in [4.69, 9.17) is 0 Å². The monoisotopic (exact) mass is 598 g/mol. The predicted molar refractivity (Wildman–Crippen MR) is 63.8 cm³/mol. The summed E-state index contributed by atoms with van der Waals surface area (Å²) in [7, 11) is -2.99. The Bertz CT molecular complexity index is 650. The molecule has 35 heavy (non-hydrogen) atoms. The summed E-state index contributed by atoms with van der Waals surface area (Å²) in [6.07, 6.45) is -45.8. The Hall–Kier alpha value is -1.37. The summed E-state index contributed by atoms with van der Waals surface area (Å²) >= 11 is 0. The van der Waals surface area contributed by atoms with Crippen molar-refractivity contribution in [1.82, 2.24) is 0 Å². The second kappa shape index (κ2) is 8.59. The van der Waals surface area contributed by atoms with Gasteiger partial charge >= 0.3 is 54.6 Å². The number of ether oxygens (including phenoxy) is 3. The van der Waals surface area contributed by atoms with E-state index in [1.54, 1.807) is 0 Å². The van der Waals surface area contributed by atoms with Gasteiger partial charge in [0.15, 0.2) is 0 Å². The molecule has 0 aliphatic carbocycles. The number of halogens is 21. The minimum absolute atomic E-state index is 1.96. The molecule has 0 bridgehead atoms. The van der Waals surface area contributed by atoms with Crippen LogP contribution in [0.4, 0.5) is 92.2 Å². The molecule has 25 heteroatoms. The molecule has 0 aliphatic rings. The minimum Gasteiger partial charge on any atom is -0.262 e.